The van der Waals surface area contributed by atoms with E-state index < -0.39 is 4.92 Å². The van der Waals surface area contributed by atoms with Crippen LogP contribution >= 0.6 is 11.6 Å². The van der Waals surface area contributed by atoms with Crippen LogP contribution in [-0.2, 0) is 4.74 Å². The van der Waals surface area contributed by atoms with Crippen LogP contribution in [-0.4, -0.2) is 35.7 Å². The summed E-state index contributed by atoms with van der Waals surface area (Å²) in [6.07, 6.45) is 1.29. The second kappa shape index (κ2) is 4.85. The molecule has 1 fully saturated rings. The first kappa shape index (κ1) is 12.1. The van der Waals surface area contributed by atoms with Gasteiger partial charge in [0.25, 0.3) is 0 Å². The topological polar surface area (TPSA) is 68.5 Å². The maximum atomic E-state index is 10.9. The number of anilines is 1. The Bertz CT molecular complexity index is 441. The zero-order valence-corrected chi connectivity index (χ0v) is 10.1. The number of morpholine rings is 1. The van der Waals surface area contributed by atoms with Crippen molar-refractivity contribution in [3.05, 3.63) is 27.4 Å². The molecule has 0 spiro atoms. The SMILES string of the molecule is C[C@H]1COCCN1c1cc(Cl)cnc1[N+](=O)[O-]. The van der Waals surface area contributed by atoms with E-state index in [1.165, 1.54) is 6.20 Å². The lowest BCUT2D eigenvalue weighted by Gasteiger charge is -2.34. The highest BCUT2D eigenvalue weighted by atomic mass is 35.5. The number of ether oxygens (including phenoxy) is 1. The highest BCUT2D eigenvalue weighted by Crippen LogP contribution is 2.30. The van der Waals surface area contributed by atoms with E-state index in [-0.39, 0.29) is 11.9 Å². The average Bonchev–Trinajstić information content (AvgIpc) is 2.29. The second-order valence-corrected chi connectivity index (χ2v) is 4.31. The van der Waals surface area contributed by atoms with Crippen molar-refractivity contribution in [1.29, 1.82) is 0 Å². The van der Waals surface area contributed by atoms with Crippen LogP contribution in [0.2, 0.25) is 5.02 Å². The fourth-order valence-corrected chi connectivity index (χ4v) is 2.01. The molecule has 1 saturated heterocycles. The summed E-state index contributed by atoms with van der Waals surface area (Å²) in [5.41, 5.74) is 0.457. The van der Waals surface area contributed by atoms with E-state index in [9.17, 15) is 10.1 Å². The van der Waals surface area contributed by atoms with Gasteiger partial charge in [0.05, 0.1) is 18.2 Å². The Hall–Kier alpha value is -1.40. The van der Waals surface area contributed by atoms with Crippen molar-refractivity contribution in [2.45, 2.75) is 13.0 Å². The maximum Gasteiger partial charge on any atom is 0.387 e. The quantitative estimate of drug-likeness (QED) is 0.598. The summed E-state index contributed by atoms with van der Waals surface area (Å²) >= 11 is 5.85. The Morgan fingerprint density at radius 1 is 1.71 bits per heavy atom. The van der Waals surface area contributed by atoms with Crippen molar-refractivity contribution in [2.24, 2.45) is 0 Å². The lowest BCUT2D eigenvalue weighted by Crippen LogP contribution is -2.44. The second-order valence-electron chi connectivity index (χ2n) is 3.87. The number of hydrogen-bond donors (Lipinski definition) is 0. The van der Waals surface area contributed by atoms with Gasteiger partial charge in [-0.2, -0.15) is 0 Å². The fraction of sp³-hybridized carbons (Fsp3) is 0.500. The van der Waals surface area contributed by atoms with Crippen LogP contribution in [0, 0.1) is 10.1 Å². The van der Waals surface area contributed by atoms with Gasteiger partial charge < -0.3 is 19.8 Å². The fourth-order valence-electron chi connectivity index (χ4n) is 1.86. The molecule has 0 N–H and O–H groups in total. The van der Waals surface area contributed by atoms with Crippen molar-refractivity contribution in [3.8, 4) is 0 Å². The third-order valence-electron chi connectivity index (χ3n) is 2.66. The van der Waals surface area contributed by atoms with E-state index in [0.29, 0.717) is 30.5 Å². The predicted octanol–water partition coefficient (Wildman–Crippen LogP) is 1.87. The number of pyridine rings is 1. The molecule has 17 heavy (non-hydrogen) atoms. The Balaban J connectivity index is 2.41. The first-order chi connectivity index (χ1) is 8.09. The van der Waals surface area contributed by atoms with E-state index in [4.69, 9.17) is 16.3 Å². The van der Waals surface area contributed by atoms with Gasteiger partial charge in [-0.05, 0) is 22.9 Å². The van der Waals surface area contributed by atoms with Crippen molar-refractivity contribution in [2.75, 3.05) is 24.7 Å². The molecule has 1 aliphatic heterocycles. The Morgan fingerprint density at radius 3 is 3.12 bits per heavy atom. The van der Waals surface area contributed by atoms with Crippen molar-refractivity contribution in [3.63, 3.8) is 0 Å². The molecule has 1 aromatic heterocycles. The summed E-state index contributed by atoms with van der Waals surface area (Å²) in [5.74, 6) is -0.164. The number of rotatable bonds is 2. The van der Waals surface area contributed by atoms with Crippen molar-refractivity contribution < 1.29 is 9.66 Å². The van der Waals surface area contributed by atoms with Crippen LogP contribution in [0.5, 0.6) is 0 Å². The number of halogens is 1. The summed E-state index contributed by atoms with van der Waals surface area (Å²) in [7, 11) is 0. The molecule has 0 radical (unpaired) electrons. The minimum atomic E-state index is -0.492. The summed E-state index contributed by atoms with van der Waals surface area (Å²) < 4.78 is 5.30. The number of nitro groups is 1. The molecule has 2 heterocycles. The first-order valence-corrected chi connectivity index (χ1v) is 5.61. The lowest BCUT2D eigenvalue weighted by molar-refractivity contribution is -0.388. The molecule has 92 valence electrons. The third-order valence-corrected chi connectivity index (χ3v) is 2.87. The highest BCUT2D eigenvalue weighted by Gasteiger charge is 2.27. The number of hydrogen-bond acceptors (Lipinski definition) is 5. The van der Waals surface area contributed by atoms with E-state index in [1.54, 1.807) is 6.07 Å². The summed E-state index contributed by atoms with van der Waals surface area (Å²) in [4.78, 5) is 16.1. The molecule has 0 unspecified atom stereocenters. The Morgan fingerprint density at radius 2 is 2.47 bits per heavy atom. The predicted molar refractivity (Wildman–Crippen MR) is 63.5 cm³/mol. The van der Waals surface area contributed by atoms with Crippen molar-refractivity contribution >= 4 is 23.1 Å². The van der Waals surface area contributed by atoms with Gasteiger partial charge in [0.15, 0.2) is 6.20 Å². The molecular formula is C10H12ClN3O3. The summed E-state index contributed by atoms with van der Waals surface area (Å²) in [6.45, 7) is 3.64. The van der Waals surface area contributed by atoms with Crippen LogP contribution in [0.15, 0.2) is 12.3 Å². The molecule has 0 saturated carbocycles. The largest absolute Gasteiger partial charge is 0.387 e. The van der Waals surface area contributed by atoms with Crippen molar-refractivity contribution in [1.82, 2.24) is 4.98 Å². The highest BCUT2D eigenvalue weighted by molar-refractivity contribution is 6.30. The van der Waals surface area contributed by atoms with Gasteiger partial charge >= 0.3 is 5.82 Å². The minimum Gasteiger partial charge on any atom is -0.377 e. The number of nitrogens with zero attached hydrogens (tertiary/aromatic N) is 3. The van der Waals surface area contributed by atoms with E-state index in [0.717, 1.165) is 0 Å². The van der Waals surface area contributed by atoms with Gasteiger partial charge in [-0.1, -0.05) is 11.6 Å². The van der Waals surface area contributed by atoms with Gasteiger partial charge in [-0.3, -0.25) is 0 Å². The molecule has 1 aliphatic rings. The Kier molecular flexibility index (Phi) is 3.44. The first-order valence-electron chi connectivity index (χ1n) is 5.24. The molecule has 1 aromatic rings. The monoisotopic (exact) mass is 257 g/mol. The standard InChI is InChI=1S/C10H12ClN3O3/c1-7-6-17-3-2-13(7)9-4-8(11)5-12-10(9)14(15)16/h4-5,7H,2-3,6H2,1H3/t7-/m0/s1. The van der Waals surface area contributed by atoms with Crippen LogP contribution in [0.4, 0.5) is 11.5 Å². The normalized spacial score (nSPS) is 20.4. The third kappa shape index (κ3) is 2.48. The van der Waals surface area contributed by atoms with Gasteiger partial charge in [0, 0.05) is 12.6 Å². The Labute approximate surface area is 103 Å². The smallest absolute Gasteiger partial charge is 0.377 e. The minimum absolute atomic E-state index is 0.0720. The zero-order chi connectivity index (χ0) is 12.4. The van der Waals surface area contributed by atoms with E-state index in [2.05, 4.69) is 4.98 Å². The number of aromatic nitrogens is 1. The molecule has 0 amide bonds. The van der Waals surface area contributed by atoms with Gasteiger partial charge in [0.2, 0.25) is 0 Å². The zero-order valence-electron chi connectivity index (χ0n) is 9.30. The summed E-state index contributed by atoms with van der Waals surface area (Å²) in [5, 5.41) is 11.3. The molecule has 7 heteroatoms. The molecule has 6 nitrogen and oxygen atoms in total. The molecular weight excluding hydrogens is 246 g/mol. The molecule has 1 atom stereocenters. The van der Waals surface area contributed by atoms with Gasteiger partial charge in [-0.15, -0.1) is 0 Å². The van der Waals surface area contributed by atoms with Crippen LogP contribution in [0.3, 0.4) is 0 Å². The summed E-state index contributed by atoms with van der Waals surface area (Å²) in [6, 6.07) is 1.65. The van der Waals surface area contributed by atoms with Crippen LogP contribution < -0.4 is 4.90 Å². The average molecular weight is 258 g/mol. The molecule has 0 aliphatic carbocycles. The maximum absolute atomic E-state index is 10.9. The lowest BCUT2D eigenvalue weighted by atomic mass is 10.2. The molecule has 2 rings (SSSR count). The van der Waals surface area contributed by atoms with E-state index in [1.807, 2.05) is 11.8 Å². The van der Waals surface area contributed by atoms with Gasteiger partial charge in [-0.25, -0.2) is 0 Å². The van der Waals surface area contributed by atoms with Crippen LogP contribution in [0.25, 0.3) is 0 Å². The molecule has 0 aromatic carbocycles. The molecule has 0 bridgehead atoms. The van der Waals surface area contributed by atoms with Gasteiger partial charge in [0.1, 0.15) is 5.69 Å². The van der Waals surface area contributed by atoms with Crippen LogP contribution in [0.1, 0.15) is 6.92 Å². The van der Waals surface area contributed by atoms with E-state index >= 15 is 0 Å².